The van der Waals surface area contributed by atoms with E-state index in [0.29, 0.717) is 12.2 Å². The third-order valence-electron chi connectivity index (χ3n) is 5.12. The van der Waals surface area contributed by atoms with Gasteiger partial charge in [0, 0.05) is 31.4 Å². The van der Waals surface area contributed by atoms with Crippen LogP contribution >= 0.6 is 0 Å². The van der Waals surface area contributed by atoms with E-state index in [-0.39, 0.29) is 5.97 Å². The summed E-state index contributed by atoms with van der Waals surface area (Å²) in [7, 11) is 0. The maximum atomic E-state index is 11.7. The summed E-state index contributed by atoms with van der Waals surface area (Å²) >= 11 is 0. The minimum atomic E-state index is -0.298. The number of hydrogen-bond acceptors (Lipinski definition) is 5. The highest BCUT2D eigenvalue weighted by Crippen LogP contribution is 2.27. The molecule has 5 heteroatoms. The number of piperidine rings is 1. The molecule has 0 saturated carbocycles. The summed E-state index contributed by atoms with van der Waals surface area (Å²) in [5.41, 5.74) is 0.524. The maximum absolute atomic E-state index is 11.7. The van der Waals surface area contributed by atoms with Crippen LogP contribution in [0.3, 0.4) is 0 Å². The Morgan fingerprint density at radius 1 is 1.26 bits per heavy atom. The van der Waals surface area contributed by atoms with E-state index in [4.69, 9.17) is 4.74 Å². The van der Waals surface area contributed by atoms with Crippen molar-refractivity contribution in [1.82, 2.24) is 9.88 Å². The van der Waals surface area contributed by atoms with Gasteiger partial charge in [-0.3, -0.25) is 4.90 Å². The van der Waals surface area contributed by atoms with Crippen LogP contribution in [-0.2, 0) is 4.74 Å². The zero-order valence-corrected chi connectivity index (χ0v) is 14.2. The minimum absolute atomic E-state index is 0.298. The number of aromatic nitrogens is 1. The summed E-state index contributed by atoms with van der Waals surface area (Å²) in [6.07, 6.45) is 6.72. The molecule has 1 unspecified atom stereocenters. The fourth-order valence-corrected chi connectivity index (χ4v) is 3.83. The van der Waals surface area contributed by atoms with Gasteiger partial charge in [0.15, 0.2) is 0 Å². The molecule has 2 aliphatic rings. The second-order valence-electron chi connectivity index (χ2n) is 6.57. The number of carbonyl (C=O) groups excluding carboxylic acids is 1. The van der Waals surface area contributed by atoms with Crippen LogP contribution in [0.25, 0.3) is 0 Å². The molecule has 0 aromatic carbocycles. The molecule has 1 aromatic rings. The van der Waals surface area contributed by atoms with Gasteiger partial charge in [0.05, 0.1) is 12.2 Å². The first-order valence-corrected chi connectivity index (χ1v) is 8.83. The fourth-order valence-electron chi connectivity index (χ4n) is 3.83. The van der Waals surface area contributed by atoms with E-state index in [0.717, 1.165) is 31.0 Å². The zero-order valence-electron chi connectivity index (χ0n) is 14.2. The van der Waals surface area contributed by atoms with Crippen molar-refractivity contribution in [2.45, 2.75) is 51.6 Å². The molecular formula is C18H27N3O2. The summed E-state index contributed by atoms with van der Waals surface area (Å²) in [4.78, 5) is 21.1. The number of pyridine rings is 1. The molecule has 2 saturated heterocycles. The van der Waals surface area contributed by atoms with Gasteiger partial charge in [-0.15, -0.1) is 0 Å². The fraction of sp³-hybridized carbons (Fsp3) is 0.667. The van der Waals surface area contributed by atoms with Crippen LogP contribution < -0.4 is 4.90 Å². The molecule has 0 spiro atoms. The maximum Gasteiger partial charge on any atom is 0.339 e. The number of nitrogens with zero attached hydrogens (tertiary/aromatic N) is 3. The lowest BCUT2D eigenvalue weighted by Gasteiger charge is -2.39. The average molecular weight is 317 g/mol. The zero-order chi connectivity index (χ0) is 16.2. The molecule has 0 radical (unpaired) electrons. The molecule has 1 aromatic heterocycles. The second kappa shape index (κ2) is 7.30. The van der Waals surface area contributed by atoms with Crippen LogP contribution in [0, 0.1) is 0 Å². The van der Waals surface area contributed by atoms with Gasteiger partial charge in [-0.1, -0.05) is 0 Å². The third-order valence-corrected chi connectivity index (χ3v) is 5.12. The first-order chi connectivity index (χ1) is 11.2. The third kappa shape index (κ3) is 3.66. The second-order valence-corrected chi connectivity index (χ2v) is 6.57. The predicted octanol–water partition coefficient (Wildman–Crippen LogP) is 2.71. The van der Waals surface area contributed by atoms with Crippen LogP contribution in [0.1, 0.15) is 49.9 Å². The normalized spacial score (nSPS) is 23.2. The van der Waals surface area contributed by atoms with Crippen LogP contribution in [0.15, 0.2) is 18.3 Å². The molecule has 0 N–H and O–H groups in total. The topological polar surface area (TPSA) is 45.7 Å². The molecular weight excluding hydrogens is 290 g/mol. The van der Waals surface area contributed by atoms with Crippen molar-refractivity contribution in [2.24, 2.45) is 0 Å². The molecule has 5 nitrogen and oxygen atoms in total. The highest BCUT2D eigenvalue weighted by molar-refractivity contribution is 5.89. The Labute approximate surface area is 138 Å². The Morgan fingerprint density at radius 3 is 2.61 bits per heavy atom. The molecule has 126 valence electrons. The molecule has 0 bridgehead atoms. The van der Waals surface area contributed by atoms with Crippen molar-refractivity contribution >= 4 is 11.8 Å². The van der Waals surface area contributed by atoms with Gasteiger partial charge < -0.3 is 9.64 Å². The molecule has 3 rings (SSSR count). The van der Waals surface area contributed by atoms with E-state index >= 15 is 0 Å². The Morgan fingerprint density at radius 2 is 2.04 bits per heavy atom. The van der Waals surface area contributed by atoms with Crippen molar-refractivity contribution in [3.05, 3.63) is 23.9 Å². The highest BCUT2D eigenvalue weighted by atomic mass is 16.5. The SMILES string of the molecule is CCOC(=O)c1ccc(N2CCC(N3CCCC3C)CC2)nc1. The lowest BCUT2D eigenvalue weighted by Crippen LogP contribution is -2.46. The number of esters is 1. The van der Waals surface area contributed by atoms with Gasteiger partial charge in [0.1, 0.15) is 5.82 Å². The molecule has 0 aliphatic carbocycles. The van der Waals surface area contributed by atoms with Gasteiger partial charge in [-0.25, -0.2) is 9.78 Å². The first-order valence-electron chi connectivity index (χ1n) is 8.83. The van der Waals surface area contributed by atoms with Gasteiger partial charge in [0.2, 0.25) is 0 Å². The van der Waals surface area contributed by atoms with E-state index in [1.807, 2.05) is 19.1 Å². The number of hydrogen-bond donors (Lipinski definition) is 0. The quantitative estimate of drug-likeness (QED) is 0.799. The largest absolute Gasteiger partial charge is 0.462 e. The van der Waals surface area contributed by atoms with Crippen LogP contribution in [0.2, 0.25) is 0 Å². The van der Waals surface area contributed by atoms with E-state index in [2.05, 4.69) is 21.7 Å². The number of anilines is 1. The molecule has 2 fully saturated rings. The van der Waals surface area contributed by atoms with Gasteiger partial charge in [-0.2, -0.15) is 0 Å². The van der Waals surface area contributed by atoms with Gasteiger partial charge >= 0.3 is 5.97 Å². The predicted molar refractivity (Wildman–Crippen MR) is 90.8 cm³/mol. The molecule has 0 amide bonds. The van der Waals surface area contributed by atoms with E-state index in [9.17, 15) is 4.79 Å². The Balaban J connectivity index is 1.56. The Hall–Kier alpha value is -1.62. The highest BCUT2D eigenvalue weighted by Gasteiger charge is 2.30. The van der Waals surface area contributed by atoms with Crippen LogP contribution in [0.4, 0.5) is 5.82 Å². The summed E-state index contributed by atoms with van der Waals surface area (Å²) < 4.78 is 5.00. The summed E-state index contributed by atoms with van der Waals surface area (Å²) in [6, 6.07) is 5.22. The van der Waals surface area contributed by atoms with Crippen molar-refractivity contribution in [2.75, 3.05) is 31.1 Å². The summed E-state index contributed by atoms with van der Waals surface area (Å²) in [6.45, 7) is 7.90. The van der Waals surface area contributed by atoms with Gasteiger partial charge in [-0.05, 0) is 58.2 Å². The van der Waals surface area contributed by atoms with Crippen LogP contribution in [0.5, 0.6) is 0 Å². The van der Waals surface area contributed by atoms with Crippen molar-refractivity contribution in [3.63, 3.8) is 0 Å². The number of rotatable bonds is 4. The molecule has 2 aliphatic heterocycles. The monoisotopic (exact) mass is 317 g/mol. The minimum Gasteiger partial charge on any atom is -0.462 e. The lowest BCUT2D eigenvalue weighted by molar-refractivity contribution is 0.0526. The number of carbonyl (C=O) groups is 1. The summed E-state index contributed by atoms with van der Waals surface area (Å²) in [5, 5.41) is 0. The van der Waals surface area contributed by atoms with Crippen molar-refractivity contribution < 1.29 is 9.53 Å². The first kappa shape index (κ1) is 16.2. The van der Waals surface area contributed by atoms with E-state index in [1.54, 1.807) is 6.20 Å². The van der Waals surface area contributed by atoms with Crippen LogP contribution in [-0.4, -0.2) is 54.2 Å². The van der Waals surface area contributed by atoms with Crippen molar-refractivity contribution in [1.29, 1.82) is 0 Å². The molecule has 23 heavy (non-hydrogen) atoms. The lowest BCUT2D eigenvalue weighted by atomic mass is 10.0. The van der Waals surface area contributed by atoms with Crippen molar-refractivity contribution in [3.8, 4) is 0 Å². The smallest absolute Gasteiger partial charge is 0.339 e. The Bertz CT molecular complexity index is 524. The molecule has 3 heterocycles. The van der Waals surface area contributed by atoms with E-state index < -0.39 is 0 Å². The molecule has 1 atom stereocenters. The van der Waals surface area contributed by atoms with Gasteiger partial charge in [0.25, 0.3) is 0 Å². The average Bonchev–Trinajstić information content (AvgIpc) is 3.01. The number of ether oxygens (including phenoxy) is 1. The van der Waals surface area contributed by atoms with E-state index in [1.165, 1.54) is 32.2 Å². The Kier molecular flexibility index (Phi) is 5.16. The summed E-state index contributed by atoms with van der Waals surface area (Å²) in [5.74, 6) is 0.666. The number of likely N-dealkylation sites (tertiary alicyclic amines) is 1. The standard InChI is InChI=1S/C18H27N3O2/c1-3-23-18(22)15-6-7-17(19-13-15)20-11-8-16(9-12-20)21-10-4-5-14(21)2/h6-7,13-14,16H,3-5,8-12H2,1-2H3.